The molecule has 0 amide bonds. The highest BCUT2D eigenvalue weighted by molar-refractivity contribution is 5.94. The fourth-order valence-corrected chi connectivity index (χ4v) is 3.91. The molecular weight excluding hydrogens is 316 g/mol. The number of hydrogen-bond acceptors (Lipinski definition) is 7. The molecule has 24 heavy (non-hydrogen) atoms. The van der Waals surface area contributed by atoms with Crippen LogP contribution in [0.25, 0.3) is 0 Å². The van der Waals surface area contributed by atoms with E-state index in [1.54, 1.807) is 6.08 Å². The van der Waals surface area contributed by atoms with Crippen molar-refractivity contribution in [3.05, 3.63) is 23.8 Å². The Labute approximate surface area is 138 Å². The van der Waals surface area contributed by atoms with Gasteiger partial charge in [0.25, 0.3) is 0 Å². The van der Waals surface area contributed by atoms with Gasteiger partial charge in [-0.05, 0) is 13.0 Å². The summed E-state index contributed by atoms with van der Waals surface area (Å²) in [5.41, 5.74) is 0.105. The van der Waals surface area contributed by atoms with Crippen molar-refractivity contribution in [2.45, 2.75) is 56.7 Å². The summed E-state index contributed by atoms with van der Waals surface area (Å²) in [6.07, 6.45) is 0.501. The Balaban J connectivity index is 1.73. The molecule has 0 aromatic rings. The summed E-state index contributed by atoms with van der Waals surface area (Å²) < 4.78 is 21.9. The minimum absolute atomic E-state index is 0.180. The standard InChI is InChI=1S/C17H18O7/c1-7-14-11-4-9(16(20)22-11)10(21-8(2)18)5-13-17(3,24-13)6-12(14)23-15(7)19/h4,10-14H,1,5-6H2,2-3H3/t10?,11?,12-,13?,14-,17-/m0/s1. The van der Waals surface area contributed by atoms with Gasteiger partial charge in [0.15, 0.2) is 0 Å². The van der Waals surface area contributed by atoms with Crippen molar-refractivity contribution in [2.75, 3.05) is 0 Å². The van der Waals surface area contributed by atoms with E-state index in [0.29, 0.717) is 24.0 Å². The summed E-state index contributed by atoms with van der Waals surface area (Å²) in [6.45, 7) is 7.02. The number of rotatable bonds is 1. The molecule has 3 heterocycles. The van der Waals surface area contributed by atoms with Gasteiger partial charge in [-0.3, -0.25) is 4.79 Å². The van der Waals surface area contributed by atoms with Crippen molar-refractivity contribution in [3.8, 4) is 0 Å². The number of epoxide rings is 1. The average molecular weight is 334 g/mol. The van der Waals surface area contributed by atoms with E-state index in [2.05, 4.69) is 6.58 Å². The van der Waals surface area contributed by atoms with Crippen molar-refractivity contribution < 1.29 is 33.3 Å². The van der Waals surface area contributed by atoms with Gasteiger partial charge in [0, 0.05) is 25.3 Å². The van der Waals surface area contributed by atoms with Crippen LogP contribution >= 0.6 is 0 Å². The predicted octanol–water partition coefficient (Wildman–Crippen LogP) is 0.819. The smallest absolute Gasteiger partial charge is 0.338 e. The van der Waals surface area contributed by atoms with Crippen LogP contribution in [0.4, 0.5) is 0 Å². The Morgan fingerprint density at radius 2 is 2.08 bits per heavy atom. The molecule has 4 aliphatic rings. The molecule has 0 saturated carbocycles. The lowest BCUT2D eigenvalue weighted by Gasteiger charge is -2.23. The predicted molar refractivity (Wildman–Crippen MR) is 78.5 cm³/mol. The van der Waals surface area contributed by atoms with Crippen molar-refractivity contribution >= 4 is 17.9 Å². The van der Waals surface area contributed by atoms with Crippen LogP contribution < -0.4 is 0 Å². The normalized spacial score (nSPS) is 43.2. The Bertz CT molecular complexity index is 693. The third-order valence-electron chi connectivity index (χ3n) is 5.23. The number of ether oxygens (including phenoxy) is 4. The number of carbonyl (C=O) groups excluding carboxylic acids is 3. The van der Waals surface area contributed by atoms with Gasteiger partial charge in [0.1, 0.15) is 18.3 Å². The van der Waals surface area contributed by atoms with Gasteiger partial charge in [-0.1, -0.05) is 6.58 Å². The third kappa shape index (κ3) is 2.26. The van der Waals surface area contributed by atoms with E-state index in [9.17, 15) is 14.4 Å². The van der Waals surface area contributed by atoms with Crippen molar-refractivity contribution in [1.82, 2.24) is 0 Å². The molecule has 128 valence electrons. The first-order valence-electron chi connectivity index (χ1n) is 7.96. The minimum Gasteiger partial charge on any atom is -0.458 e. The van der Waals surface area contributed by atoms with E-state index in [1.807, 2.05) is 6.92 Å². The van der Waals surface area contributed by atoms with Crippen LogP contribution in [0, 0.1) is 5.92 Å². The molecule has 7 heteroatoms. The Morgan fingerprint density at radius 3 is 2.79 bits per heavy atom. The molecule has 3 unspecified atom stereocenters. The highest BCUT2D eigenvalue weighted by Gasteiger charge is 2.60. The van der Waals surface area contributed by atoms with Crippen molar-refractivity contribution in [3.63, 3.8) is 0 Å². The summed E-state index contributed by atoms with van der Waals surface area (Å²) in [7, 11) is 0. The van der Waals surface area contributed by atoms with E-state index in [1.165, 1.54) is 6.92 Å². The van der Waals surface area contributed by atoms with Gasteiger partial charge in [0.05, 0.1) is 23.2 Å². The summed E-state index contributed by atoms with van der Waals surface area (Å²) in [4.78, 5) is 35.6. The molecule has 0 spiro atoms. The van der Waals surface area contributed by atoms with E-state index in [0.717, 1.165) is 0 Å². The van der Waals surface area contributed by atoms with Crippen molar-refractivity contribution in [1.29, 1.82) is 0 Å². The van der Waals surface area contributed by atoms with Crippen LogP contribution in [0.5, 0.6) is 0 Å². The van der Waals surface area contributed by atoms with Gasteiger partial charge in [-0.25, -0.2) is 9.59 Å². The average Bonchev–Trinajstić information content (AvgIpc) is 2.80. The Hall–Kier alpha value is -2.15. The fraction of sp³-hybridized carbons (Fsp3) is 0.588. The SMILES string of the molecule is C=C1C(=O)O[C@H]2C[C@]3(C)OC3CC(OC(C)=O)C3=CC(OC3=O)[C@H]12. The summed E-state index contributed by atoms with van der Waals surface area (Å²) >= 11 is 0. The van der Waals surface area contributed by atoms with Crippen molar-refractivity contribution in [2.24, 2.45) is 5.92 Å². The van der Waals surface area contributed by atoms with Crippen LogP contribution in [-0.2, 0) is 33.3 Å². The van der Waals surface area contributed by atoms with Gasteiger partial charge in [-0.2, -0.15) is 0 Å². The first kappa shape index (κ1) is 15.4. The summed E-state index contributed by atoms with van der Waals surface area (Å²) in [5, 5.41) is 0. The lowest BCUT2D eigenvalue weighted by molar-refractivity contribution is -0.148. The zero-order valence-corrected chi connectivity index (χ0v) is 13.4. The molecule has 0 aromatic carbocycles. The molecular formula is C17H18O7. The molecule has 7 nitrogen and oxygen atoms in total. The lowest BCUT2D eigenvalue weighted by atomic mass is 9.83. The second-order valence-corrected chi connectivity index (χ2v) is 6.94. The van der Waals surface area contributed by atoms with E-state index in [-0.39, 0.29) is 6.10 Å². The first-order valence-corrected chi connectivity index (χ1v) is 7.96. The highest BCUT2D eigenvalue weighted by Crippen LogP contribution is 2.49. The molecule has 4 rings (SSSR count). The van der Waals surface area contributed by atoms with Crippen LogP contribution in [0.15, 0.2) is 23.8 Å². The largest absolute Gasteiger partial charge is 0.458 e. The highest BCUT2D eigenvalue weighted by atomic mass is 16.6. The number of esters is 3. The maximum atomic E-state index is 12.3. The Kier molecular flexibility index (Phi) is 3.16. The van der Waals surface area contributed by atoms with Crippen LogP contribution in [0.1, 0.15) is 26.7 Å². The van der Waals surface area contributed by atoms with Crippen LogP contribution in [-0.4, -0.2) is 47.9 Å². The second kappa shape index (κ2) is 4.92. The molecule has 2 saturated heterocycles. The second-order valence-electron chi connectivity index (χ2n) is 6.94. The zero-order valence-electron chi connectivity index (χ0n) is 13.4. The van der Waals surface area contributed by atoms with Crippen LogP contribution in [0.3, 0.4) is 0 Å². The van der Waals surface area contributed by atoms with E-state index < -0.39 is 47.7 Å². The molecule has 0 N–H and O–H groups in total. The zero-order chi connectivity index (χ0) is 17.2. The first-order chi connectivity index (χ1) is 11.3. The van der Waals surface area contributed by atoms with Gasteiger partial charge in [0.2, 0.25) is 0 Å². The molecule has 3 aliphatic heterocycles. The van der Waals surface area contributed by atoms with Gasteiger partial charge in [-0.15, -0.1) is 0 Å². The lowest BCUT2D eigenvalue weighted by Crippen LogP contribution is -2.33. The topological polar surface area (TPSA) is 91.4 Å². The number of hydrogen-bond donors (Lipinski definition) is 0. The fourth-order valence-electron chi connectivity index (χ4n) is 3.91. The third-order valence-corrected chi connectivity index (χ3v) is 5.23. The monoisotopic (exact) mass is 334 g/mol. The quantitative estimate of drug-likeness (QED) is 0.303. The van der Waals surface area contributed by atoms with Gasteiger partial charge < -0.3 is 18.9 Å². The molecule has 2 fully saturated rings. The van der Waals surface area contributed by atoms with Crippen LogP contribution in [0.2, 0.25) is 0 Å². The van der Waals surface area contributed by atoms with E-state index >= 15 is 0 Å². The molecule has 6 atom stereocenters. The molecule has 0 radical (unpaired) electrons. The number of carbonyl (C=O) groups is 3. The molecule has 2 bridgehead atoms. The number of fused-ring (bicyclic) bond motifs is 4. The maximum Gasteiger partial charge on any atom is 0.338 e. The summed E-state index contributed by atoms with van der Waals surface area (Å²) in [6, 6.07) is 0. The molecule has 1 aliphatic carbocycles. The van der Waals surface area contributed by atoms with E-state index in [4.69, 9.17) is 18.9 Å². The minimum atomic E-state index is -0.713. The Morgan fingerprint density at radius 1 is 1.33 bits per heavy atom. The summed E-state index contributed by atoms with van der Waals surface area (Å²) in [5.74, 6) is -1.93. The molecule has 0 aromatic heterocycles. The maximum absolute atomic E-state index is 12.3. The van der Waals surface area contributed by atoms with Gasteiger partial charge >= 0.3 is 17.9 Å².